The Hall–Kier alpha value is -0.880. The summed E-state index contributed by atoms with van der Waals surface area (Å²) in [6.45, 7) is 1.64. The largest absolute Gasteiger partial charge is 0.352 e. The molecule has 0 bridgehead atoms. The summed E-state index contributed by atoms with van der Waals surface area (Å²) in [7, 11) is 0. The van der Waals surface area contributed by atoms with Crippen LogP contribution in [0.2, 0.25) is 5.15 Å². The number of hydrogen-bond acceptors (Lipinski definition) is 3. The second-order valence-corrected chi connectivity index (χ2v) is 5.12. The van der Waals surface area contributed by atoms with Gasteiger partial charge >= 0.3 is 0 Å². The highest BCUT2D eigenvalue weighted by molar-refractivity contribution is 9.10. The molecule has 2 rings (SSSR count). The molecule has 0 aromatic carbocycles. The Balaban J connectivity index is 2.28. The number of rotatable bonds is 3. The van der Waals surface area contributed by atoms with Crippen LogP contribution in [0.4, 0.5) is 0 Å². The molecule has 1 saturated carbocycles. The summed E-state index contributed by atoms with van der Waals surface area (Å²) in [4.78, 5) is 27.3. The Bertz CT molecular complexity index is 513. The number of halogens is 2. The van der Waals surface area contributed by atoms with Gasteiger partial charge < -0.3 is 5.32 Å². The van der Waals surface area contributed by atoms with Gasteiger partial charge in [-0.2, -0.15) is 0 Å². The molecular weight excluding hydrogens is 309 g/mol. The maximum Gasteiger partial charge on any atom is 0.270 e. The molecule has 0 radical (unpaired) electrons. The first-order chi connectivity index (χ1) is 8.00. The number of carbonyl (C=O) groups is 1. The Kier molecular flexibility index (Phi) is 3.53. The smallest absolute Gasteiger partial charge is 0.270 e. The van der Waals surface area contributed by atoms with Crippen LogP contribution in [-0.2, 0) is 4.79 Å². The predicted molar refractivity (Wildman–Crippen MR) is 67.1 cm³/mol. The molecule has 1 aromatic rings. The minimum Gasteiger partial charge on any atom is -0.352 e. The van der Waals surface area contributed by atoms with Gasteiger partial charge in [-0.25, -0.2) is 4.98 Å². The average molecular weight is 321 g/mol. The Morgan fingerprint density at radius 3 is 2.94 bits per heavy atom. The number of nitrogens with one attached hydrogen (secondary N) is 1. The van der Waals surface area contributed by atoms with Gasteiger partial charge in [0.25, 0.3) is 5.56 Å². The molecular formula is C10H11BrClN3O2. The molecule has 5 nitrogen and oxygen atoms in total. The van der Waals surface area contributed by atoms with Crippen molar-refractivity contribution in [2.24, 2.45) is 0 Å². The number of carbonyl (C=O) groups excluding carboxylic acids is 1. The Morgan fingerprint density at radius 2 is 2.35 bits per heavy atom. The monoisotopic (exact) mass is 319 g/mol. The van der Waals surface area contributed by atoms with Crippen molar-refractivity contribution in [3.63, 3.8) is 0 Å². The lowest BCUT2D eigenvalue weighted by atomic mass is 10.3. The first kappa shape index (κ1) is 12.6. The molecule has 1 aromatic heterocycles. The van der Waals surface area contributed by atoms with Crippen LogP contribution in [0.3, 0.4) is 0 Å². The number of amides is 1. The van der Waals surface area contributed by atoms with Crippen LogP contribution in [0.15, 0.2) is 15.6 Å². The molecule has 92 valence electrons. The Morgan fingerprint density at radius 1 is 1.71 bits per heavy atom. The highest BCUT2D eigenvalue weighted by atomic mass is 79.9. The summed E-state index contributed by atoms with van der Waals surface area (Å²) in [6, 6.07) is -0.389. The molecule has 17 heavy (non-hydrogen) atoms. The van der Waals surface area contributed by atoms with Crippen LogP contribution in [0, 0.1) is 0 Å². The summed E-state index contributed by atoms with van der Waals surface area (Å²) in [6.07, 6.45) is 3.14. The first-order valence-corrected chi connectivity index (χ1v) is 6.40. The van der Waals surface area contributed by atoms with Crippen molar-refractivity contribution in [1.29, 1.82) is 0 Å². The summed E-state index contributed by atoms with van der Waals surface area (Å²) in [5.41, 5.74) is -0.392. The van der Waals surface area contributed by atoms with Crippen LogP contribution < -0.4 is 10.9 Å². The second kappa shape index (κ2) is 4.78. The Labute approximate surface area is 111 Å². The van der Waals surface area contributed by atoms with Gasteiger partial charge in [0, 0.05) is 6.04 Å². The van der Waals surface area contributed by atoms with Gasteiger partial charge in [-0.3, -0.25) is 14.2 Å². The van der Waals surface area contributed by atoms with Crippen LogP contribution in [0.1, 0.15) is 25.8 Å². The van der Waals surface area contributed by atoms with Crippen molar-refractivity contribution in [3.8, 4) is 0 Å². The third-order valence-corrected chi connectivity index (χ3v) is 3.77. The van der Waals surface area contributed by atoms with E-state index in [9.17, 15) is 9.59 Å². The molecule has 1 N–H and O–H groups in total. The third kappa shape index (κ3) is 2.69. The van der Waals surface area contributed by atoms with E-state index in [0.717, 1.165) is 19.0 Å². The maximum atomic E-state index is 11.8. The molecule has 1 aliphatic carbocycles. The minimum absolute atomic E-state index is 0.135. The van der Waals surface area contributed by atoms with Crippen molar-refractivity contribution in [1.82, 2.24) is 14.9 Å². The van der Waals surface area contributed by atoms with E-state index in [4.69, 9.17) is 11.6 Å². The third-order valence-electron chi connectivity index (χ3n) is 2.60. The van der Waals surface area contributed by atoms with Crippen LogP contribution >= 0.6 is 27.5 Å². The fourth-order valence-electron chi connectivity index (χ4n) is 1.45. The quantitative estimate of drug-likeness (QED) is 0.918. The fraction of sp³-hybridized carbons (Fsp3) is 0.500. The predicted octanol–water partition coefficient (Wildman–Crippen LogP) is 1.50. The molecule has 1 amide bonds. The van der Waals surface area contributed by atoms with Crippen molar-refractivity contribution in [3.05, 3.63) is 26.3 Å². The van der Waals surface area contributed by atoms with Crippen molar-refractivity contribution in [2.45, 2.75) is 31.8 Å². The molecule has 0 aliphatic heterocycles. The fourth-order valence-corrected chi connectivity index (χ4v) is 2.02. The zero-order chi connectivity index (χ0) is 12.6. The van der Waals surface area contributed by atoms with E-state index in [0.29, 0.717) is 4.60 Å². The zero-order valence-electron chi connectivity index (χ0n) is 9.11. The van der Waals surface area contributed by atoms with Gasteiger partial charge in [-0.15, -0.1) is 0 Å². The van der Waals surface area contributed by atoms with Gasteiger partial charge in [0.2, 0.25) is 5.91 Å². The average Bonchev–Trinajstić information content (AvgIpc) is 3.07. The topological polar surface area (TPSA) is 64.0 Å². The lowest BCUT2D eigenvalue weighted by Gasteiger charge is -2.16. The lowest BCUT2D eigenvalue weighted by Crippen LogP contribution is -2.37. The van der Waals surface area contributed by atoms with Gasteiger partial charge in [0.05, 0.1) is 6.20 Å². The highest BCUT2D eigenvalue weighted by Gasteiger charge is 2.27. The van der Waals surface area contributed by atoms with E-state index >= 15 is 0 Å². The summed E-state index contributed by atoms with van der Waals surface area (Å²) in [5, 5.41) is 2.97. The van der Waals surface area contributed by atoms with Gasteiger partial charge in [0.1, 0.15) is 15.8 Å². The number of aromatic nitrogens is 2. The molecule has 1 atom stereocenters. The van der Waals surface area contributed by atoms with Gasteiger partial charge in [-0.05, 0) is 35.7 Å². The first-order valence-electron chi connectivity index (χ1n) is 5.23. The molecule has 0 saturated heterocycles. The molecule has 1 unspecified atom stereocenters. The van der Waals surface area contributed by atoms with E-state index < -0.39 is 11.6 Å². The highest BCUT2D eigenvalue weighted by Crippen LogP contribution is 2.23. The van der Waals surface area contributed by atoms with Crippen molar-refractivity contribution >= 4 is 33.4 Å². The number of hydrogen-bond donors (Lipinski definition) is 1. The molecule has 1 aliphatic rings. The van der Waals surface area contributed by atoms with Gasteiger partial charge in [0.15, 0.2) is 0 Å². The van der Waals surface area contributed by atoms with Crippen molar-refractivity contribution in [2.75, 3.05) is 0 Å². The molecule has 1 heterocycles. The standard InChI is InChI=1S/C10H11BrClN3O2/c1-5(10(17)14-6-2-3-6)15-7(16)4-13-8(11)9(15)12/h4-6H,2-3H2,1H3,(H,14,17). The lowest BCUT2D eigenvalue weighted by molar-refractivity contribution is -0.124. The molecule has 0 spiro atoms. The van der Waals surface area contributed by atoms with Crippen LogP contribution in [0.5, 0.6) is 0 Å². The minimum atomic E-state index is -0.644. The van der Waals surface area contributed by atoms with E-state index in [2.05, 4.69) is 26.2 Å². The SMILES string of the molecule is CC(C(=O)NC1CC1)n1c(Cl)c(Br)ncc1=O. The van der Waals surface area contributed by atoms with Crippen LogP contribution in [-0.4, -0.2) is 21.5 Å². The van der Waals surface area contributed by atoms with Crippen LogP contribution in [0.25, 0.3) is 0 Å². The van der Waals surface area contributed by atoms with E-state index in [1.807, 2.05) is 0 Å². The molecule has 1 fully saturated rings. The van der Waals surface area contributed by atoms with Gasteiger partial charge in [-0.1, -0.05) is 11.6 Å². The van der Waals surface area contributed by atoms with Crippen molar-refractivity contribution < 1.29 is 4.79 Å². The number of nitrogens with zero attached hydrogens (tertiary/aromatic N) is 2. The molecule has 7 heteroatoms. The zero-order valence-corrected chi connectivity index (χ0v) is 11.5. The van der Waals surface area contributed by atoms with E-state index in [-0.39, 0.29) is 17.1 Å². The summed E-state index contributed by atoms with van der Waals surface area (Å²) < 4.78 is 1.57. The van der Waals surface area contributed by atoms with E-state index in [1.165, 1.54) is 4.57 Å². The van der Waals surface area contributed by atoms with E-state index in [1.54, 1.807) is 6.92 Å². The summed E-state index contributed by atoms with van der Waals surface area (Å²) in [5.74, 6) is -0.199. The normalized spacial score (nSPS) is 16.6. The maximum absolute atomic E-state index is 11.8. The summed E-state index contributed by atoms with van der Waals surface area (Å²) >= 11 is 9.09. The second-order valence-electron chi connectivity index (χ2n) is 4.01.